The van der Waals surface area contributed by atoms with Crippen LogP contribution in [0.5, 0.6) is 11.5 Å². The molecule has 39 heavy (non-hydrogen) atoms. The van der Waals surface area contributed by atoms with Gasteiger partial charge in [-0.2, -0.15) is 0 Å². The minimum Gasteiger partial charge on any atom is -0.493 e. The third kappa shape index (κ3) is 6.15. The Morgan fingerprint density at radius 2 is 1.85 bits per heavy atom. The minimum atomic E-state index is -1.04. The Balaban J connectivity index is 1.58. The van der Waals surface area contributed by atoms with Crippen molar-refractivity contribution in [3.05, 3.63) is 91.8 Å². The molecule has 1 saturated heterocycles. The van der Waals surface area contributed by atoms with Gasteiger partial charge in [-0.3, -0.25) is 9.69 Å². The Bertz CT molecular complexity index is 1550. The number of methoxy groups -OCH3 is 1. The van der Waals surface area contributed by atoms with Crippen LogP contribution in [-0.4, -0.2) is 52.3 Å². The summed E-state index contributed by atoms with van der Waals surface area (Å²) in [4.78, 5) is 42.1. The summed E-state index contributed by atoms with van der Waals surface area (Å²) in [7, 11) is 3.11. The number of hydrogen-bond donors (Lipinski definition) is 2. The van der Waals surface area contributed by atoms with E-state index in [2.05, 4.69) is 20.9 Å². The summed E-state index contributed by atoms with van der Waals surface area (Å²) in [6, 6.07) is 14.8. The summed E-state index contributed by atoms with van der Waals surface area (Å²) in [6.07, 6.45) is 1.71. The van der Waals surface area contributed by atoms with Crippen LogP contribution < -0.4 is 9.47 Å². The number of carbonyl (C=O) groups is 3. The van der Waals surface area contributed by atoms with Gasteiger partial charge in [0.2, 0.25) is 0 Å². The molecule has 1 heterocycles. The minimum absolute atomic E-state index is 0.123. The summed E-state index contributed by atoms with van der Waals surface area (Å²) >= 11 is 4.69. The van der Waals surface area contributed by atoms with Crippen molar-refractivity contribution in [2.24, 2.45) is 4.99 Å². The monoisotopic (exact) mass is 610 g/mol. The molecule has 1 aliphatic rings. The topological polar surface area (TPSA) is 126 Å². The van der Waals surface area contributed by atoms with Gasteiger partial charge in [-0.25, -0.2) is 14.6 Å². The second kappa shape index (κ2) is 11.7. The van der Waals surface area contributed by atoms with Crippen LogP contribution in [0.25, 0.3) is 6.08 Å². The molecule has 1 fully saturated rings. The smallest absolute Gasteiger partial charge is 0.336 e. The Kier molecular flexibility index (Phi) is 8.41. The number of thioether (sulfide) groups is 1. The molecule has 0 bridgehead atoms. The van der Waals surface area contributed by atoms with Crippen molar-refractivity contribution in [1.29, 1.82) is 0 Å². The van der Waals surface area contributed by atoms with Crippen molar-refractivity contribution >= 4 is 62.5 Å². The third-order valence-electron chi connectivity index (χ3n) is 5.86. The quantitative estimate of drug-likeness (QED) is 0.298. The van der Waals surface area contributed by atoms with Crippen molar-refractivity contribution in [1.82, 2.24) is 4.90 Å². The molecule has 1 aliphatic heterocycles. The van der Waals surface area contributed by atoms with E-state index in [0.717, 1.165) is 0 Å². The first-order chi connectivity index (χ1) is 18.6. The molecular formula is C28H23BrN2O7S. The Morgan fingerprint density at radius 3 is 2.54 bits per heavy atom. The molecule has 0 spiro atoms. The lowest BCUT2D eigenvalue weighted by Gasteiger charge is -2.14. The van der Waals surface area contributed by atoms with Crippen LogP contribution in [0.4, 0.5) is 5.69 Å². The van der Waals surface area contributed by atoms with Gasteiger partial charge < -0.3 is 19.7 Å². The zero-order valence-electron chi connectivity index (χ0n) is 21.1. The zero-order valence-corrected chi connectivity index (χ0v) is 23.5. The largest absolute Gasteiger partial charge is 0.493 e. The van der Waals surface area contributed by atoms with Crippen LogP contribution in [0, 0.1) is 6.92 Å². The first-order valence-corrected chi connectivity index (χ1v) is 13.1. The van der Waals surface area contributed by atoms with E-state index in [0.29, 0.717) is 48.4 Å². The van der Waals surface area contributed by atoms with Crippen molar-refractivity contribution < 1.29 is 34.1 Å². The molecule has 0 atom stereocenters. The fourth-order valence-corrected chi connectivity index (χ4v) is 5.35. The van der Waals surface area contributed by atoms with Crippen LogP contribution in [0.15, 0.2) is 69.0 Å². The highest BCUT2D eigenvalue weighted by Crippen LogP contribution is 2.40. The average molecular weight is 611 g/mol. The zero-order chi connectivity index (χ0) is 28.3. The number of aromatic carboxylic acids is 2. The van der Waals surface area contributed by atoms with E-state index < -0.39 is 11.9 Å². The van der Waals surface area contributed by atoms with Crippen molar-refractivity contribution in [3.8, 4) is 11.5 Å². The Hall–Kier alpha value is -4.09. The normalized spacial score (nSPS) is 15.2. The number of amidine groups is 1. The SMILES string of the molecule is COc1cc(/C=C2\SC(=Nc3cccc(C(=O)O)c3C)N(C)C2=O)cc(Br)c1OCc1cccc(C(=O)O)c1. The number of amides is 1. The summed E-state index contributed by atoms with van der Waals surface area (Å²) in [6.45, 7) is 1.80. The van der Waals surface area contributed by atoms with Gasteiger partial charge in [-0.1, -0.05) is 18.2 Å². The van der Waals surface area contributed by atoms with Crippen LogP contribution in [0.2, 0.25) is 0 Å². The fourth-order valence-electron chi connectivity index (χ4n) is 3.80. The molecule has 200 valence electrons. The van der Waals surface area contributed by atoms with E-state index in [1.165, 1.54) is 35.9 Å². The predicted molar refractivity (Wildman–Crippen MR) is 152 cm³/mol. The molecule has 0 aliphatic carbocycles. The van der Waals surface area contributed by atoms with Gasteiger partial charge in [-0.05, 0) is 93.8 Å². The number of benzene rings is 3. The number of nitrogens with zero attached hydrogens (tertiary/aromatic N) is 2. The Morgan fingerprint density at radius 1 is 1.10 bits per heavy atom. The van der Waals surface area contributed by atoms with E-state index in [9.17, 15) is 24.6 Å². The van der Waals surface area contributed by atoms with Crippen molar-refractivity contribution in [3.63, 3.8) is 0 Å². The van der Waals surface area contributed by atoms with Gasteiger partial charge in [0.25, 0.3) is 5.91 Å². The number of aliphatic imine (C=N–C) groups is 1. The standard InChI is InChI=1S/C28H23BrN2O7S/c1-15-19(27(35)36)8-5-9-21(15)30-28-31(2)25(32)23(39-28)13-17-11-20(29)24(22(12-17)37-3)38-14-16-6-4-7-18(10-16)26(33)34/h4-13H,14H2,1-3H3,(H,33,34)(H,35,36)/b23-13-,30-28?. The molecule has 9 nitrogen and oxygen atoms in total. The van der Waals surface area contributed by atoms with Crippen LogP contribution in [0.3, 0.4) is 0 Å². The van der Waals surface area contributed by atoms with Gasteiger partial charge in [0.1, 0.15) is 6.61 Å². The molecule has 1 amide bonds. The second-order valence-corrected chi connectivity index (χ2v) is 10.3. The van der Waals surface area contributed by atoms with E-state index in [1.54, 1.807) is 62.5 Å². The maximum atomic E-state index is 13.0. The number of carbonyl (C=O) groups excluding carboxylic acids is 1. The van der Waals surface area contributed by atoms with Crippen molar-refractivity contribution in [2.75, 3.05) is 14.2 Å². The highest BCUT2D eigenvalue weighted by atomic mass is 79.9. The summed E-state index contributed by atoms with van der Waals surface area (Å²) in [5.41, 5.74) is 2.66. The van der Waals surface area contributed by atoms with Gasteiger partial charge in [0.15, 0.2) is 16.7 Å². The molecule has 3 aromatic rings. The average Bonchev–Trinajstić information content (AvgIpc) is 3.16. The van der Waals surface area contributed by atoms with Crippen molar-refractivity contribution in [2.45, 2.75) is 13.5 Å². The Labute approximate surface area is 236 Å². The molecular weight excluding hydrogens is 588 g/mol. The van der Waals surface area contributed by atoms with Gasteiger partial charge >= 0.3 is 11.9 Å². The highest BCUT2D eigenvalue weighted by Gasteiger charge is 2.31. The van der Waals surface area contributed by atoms with Gasteiger partial charge in [0.05, 0.1) is 33.3 Å². The van der Waals surface area contributed by atoms with E-state index in [1.807, 2.05) is 0 Å². The maximum absolute atomic E-state index is 13.0. The number of carboxylic acids is 2. The lowest BCUT2D eigenvalue weighted by Crippen LogP contribution is -2.23. The summed E-state index contributed by atoms with van der Waals surface area (Å²) < 4.78 is 12.0. The summed E-state index contributed by atoms with van der Waals surface area (Å²) in [5, 5.41) is 19.0. The lowest BCUT2D eigenvalue weighted by molar-refractivity contribution is -0.121. The number of halogens is 1. The molecule has 4 rings (SSSR count). The second-order valence-electron chi connectivity index (χ2n) is 8.45. The molecule has 0 saturated carbocycles. The number of rotatable bonds is 8. The molecule has 0 radical (unpaired) electrons. The molecule has 3 aromatic carbocycles. The van der Waals surface area contributed by atoms with Crippen LogP contribution >= 0.6 is 27.7 Å². The van der Waals surface area contributed by atoms with Crippen LogP contribution in [-0.2, 0) is 11.4 Å². The summed E-state index contributed by atoms with van der Waals surface area (Å²) in [5.74, 6) is -1.46. The van der Waals surface area contributed by atoms with Crippen LogP contribution in [0.1, 0.15) is 37.4 Å². The first-order valence-electron chi connectivity index (χ1n) is 11.5. The molecule has 0 aromatic heterocycles. The molecule has 0 unspecified atom stereocenters. The van der Waals surface area contributed by atoms with E-state index >= 15 is 0 Å². The van der Waals surface area contributed by atoms with E-state index in [4.69, 9.17) is 9.47 Å². The fraction of sp³-hybridized carbons (Fsp3) is 0.143. The highest BCUT2D eigenvalue weighted by molar-refractivity contribution is 9.10. The van der Waals surface area contributed by atoms with Gasteiger partial charge in [-0.15, -0.1) is 0 Å². The molecule has 2 N–H and O–H groups in total. The number of likely N-dealkylation sites (N-methyl/N-ethyl adjacent to an activating group) is 1. The first kappa shape index (κ1) is 27.9. The lowest BCUT2D eigenvalue weighted by atomic mass is 10.1. The predicted octanol–water partition coefficient (Wildman–Crippen LogP) is 5.98. The molecule has 11 heteroatoms. The van der Waals surface area contributed by atoms with E-state index in [-0.39, 0.29) is 23.6 Å². The number of carboxylic acid groups (broad SMARTS) is 2. The maximum Gasteiger partial charge on any atom is 0.336 e. The van der Waals surface area contributed by atoms with Gasteiger partial charge in [0, 0.05) is 7.05 Å². The third-order valence-corrected chi connectivity index (χ3v) is 7.51. The number of ether oxygens (including phenoxy) is 2. The number of hydrogen-bond acceptors (Lipinski definition) is 7.